The summed E-state index contributed by atoms with van der Waals surface area (Å²) in [5.74, 6) is 0. The van der Waals surface area contributed by atoms with Crippen LogP contribution in [-0.4, -0.2) is 9.97 Å². The van der Waals surface area contributed by atoms with E-state index in [1.807, 2.05) is 0 Å². The Balaban J connectivity index is 1.28. The van der Waals surface area contributed by atoms with E-state index < -0.39 is 0 Å². The van der Waals surface area contributed by atoms with Crippen molar-refractivity contribution in [3.05, 3.63) is 180 Å². The predicted octanol–water partition coefficient (Wildman–Crippen LogP) is 10.2. The molecule has 2 heteroatoms. The van der Waals surface area contributed by atoms with Crippen LogP contribution in [0.15, 0.2) is 158 Å². The van der Waals surface area contributed by atoms with Gasteiger partial charge in [0.25, 0.3) is 0 Å². The molecule has 0 unspecified atom stereocenters. The summed E-state index contributed by atoms with van der Waals surface area (Å²) in [6.07, 6.45) is 1.64. The summed E-state index contributed by atoms with van der Waals surface area (Å²) in [7, 11) is 0. The molecule has 5 aromatic carbocycles. The van der Waals surface area contributed by atoms with Crippen LogP contribution >= 0.6 is 0 Å². The summed E-state index contributed by atoms with van der Waals surface area (Å²) in [5.41, 5.74) is 14.7. The molecule has 2 heterocycles. The molecular formula is C40H32N2. The first kappa shape index (κ1) is 25.6. The summed E-state index contributed by atoms with van der Waals surface area (Å²) in [6.45, 7) is 0. The standard InChI is InChI=1S/C40H32N2/c1-5-15-29(16-6-1)35-27-37(31-19-9-3-10-20-31)41-39(35)25-33-23-13-14-24-34(33)26-40-36(30-17-7-2-8-18-30)28-38(42-40)32-21-11-4-12-22-32/h1-24,27-28,41-42H,25-26H2. The van der Waals surface area contributed by atoms with Crippen molar-refractivity contribution in [2.45, 2.75) is 12.8 Å². The molecule has 7 rings (SSSR count). The normalized spacial score (nSPS) is 11.0. The highest BCUT2D eigenvalue weighted by molar-refractivity contribution is 5.76. The Kier molecular flexibility index (Phi) is 7.10. The van der Waals surface area contributed by atoms with Crippen LogP contribution in [-0.2, 0) is 12.8 Å². The van der Waals surface area contributed by atoms with E-state index in [9.17, 15) is 0 Å². The first-order valence-corrected chi connectivity index (χ1v) is 14.5. The molecule has 2 nitrogen and oxygen atoms in total. The maximum absolute atomic E-state index is 3.79. The molecular weight excluding hydrogens is 508 g/mol. The molecule has 42 heavy (non-hydrogen) atoms. The Morgan fingerprint density at radius 1 is 0.333 bits per heavy atom. The van der Waals surface area contributed by atoms with Gasteiger partial charge in [0.1, 0.15) is 0 Å². The zero-order chi connectivity index (χ0) is 28.1. The smallest absolute Gasteiger partial charge is 0.0462 e. The van der Waals surface area contributed by atoms with Crippen molar-refractivity contribution < 1.29 is 0 Å². The van der Waals surface area contributed by atoms with Crippen molar-refractivity contribution in [3.63, 3.8) is 0 Å². The molecule has 2 N–H and O–H groups in total. The number of hydrogen-bond donors (Lipinski definition) is 2. The Morgan fingerprint density at radius 2 is 0.643 bits per heavy atom. The quantitative estimate of drug-likeness (QED) is 0.192. The van der Waals surface area contributed by atoms with Crippen molar-refractivity contribution in [3.8, 4) is 44.8 Å². The number of hydrogen-bond acceptors (Lipinski definition) is 0. The minimum atomic E-state index is 0.820. The third-order valence-corrected chi connectivity index (χ3v) is 7.99. The number of H-pyrrole nitrogens is 2. The van der Waals surface area contributed by atoms with Crippen LogP contribution in [0.1, 0.15) is 22.5 Å². The molecule has 0 amide bonds. The SMILES string of the molecule is c1ccc(-c2cc(-c3ccccc3)c(Cc3ccccc3Cc3[nH]c(-c4ccccc4)cc3-c3ccccc3)[nH]2)cc1. The van der Waals surface area contributed by atoms with Gasteiger partial charge in [-0.05, 0) is 45.5 Å². The molecule has 0 aliphatic carbocycles. The van der Waals surface area contributed by atoms with E-state index in [4.69, 9.17) is 0 Å². The highest BCUT2D eigenvalue weighted by Crippen LogP contribution is 2.34. The number of benzene rings is 5. The van der Waals surface area contributed by atoms with Crippen LogP contribution in [0.3, 0.4) is 0 Å². The summed E-state index contributed by atoms with van der Waals surface area (Å²) in [5, 5.41) is 0. The van der Waals surface area contributed by atoms with Crippen molar-refractivity contribution in [1.29, 1.82) is 0 Å². The van der Waals surface area contributed by atoms with Gasteiger partial charge < -0.3 is 9.97 Å². The lowest BCUT2D eigenvalue weighted by Gasteiger charge is -2.12. The van der Waals surface area contributed by atoms with Crippen molar-refractivity contribution in [2.24, 2.45) is 0 Å². The van der Waals surface area contributed by atoms with Gasteiger partial charge in [-0.3, -0.25) is 0 Å². The van der Waals surface area contributed by atoms with E-state index in [0.717, 1.165) is 24.2 Å². The molecule has 0 bridgehead atoms. The predicted molar refractivity (Wildman–Crippen MR) is 175 cm³/mol. The maximum atomic E-state index is 3.79. The van der Waals surface area contributed by atoms with E-state index in [1.54, 1.807) is 0 Å². The zero-order valence-corrected chi connectivity index (χ0v) is 23.4. The van der Waals surface area contributed by atoms with Gasteiger partial charge in [0.15, 0.2) is 0 Å². The van der Waals surface area contributed by atoms with Crippen molar-refractivity contribution in [1.82, 2.24) is 9.97 Å². The third-order valence-electron chi connectivity index (χ3n) is 7.99. The van der Waals surface area contributed by atoms with E-state index in [0.29, 0.717) is 0 Å². The van der Waals surface area contributed by atoms with Crippen LogP contribution in [0.2, 0.25) is 0 Å². The van der Waals surface area contributed by atoms with Gasteiger partial charge in [-0.1, -0.05) is 146 Å². The summed E-state index contributed by atoms with van der Waals surface area (Å²) < 4.78 is 0. The highest BCUT2D eigenvalue weighted by Gasteiger charge is 2.17. The molecule has 0 spiro atoms. The third kappa shape index (κ3) is 5.35. The van der Waals surface area contributed by atoms with Gasteiger partial charge in [0, 0.05) is 46.7 Å². The first-order chi connectivity index (χ1) is 20.8. The highest BCUT2D eigenvalue weighted by atomic mass is 14.7. The largest absolute Gasteiger partial charge is 0.358 e. The second-order valence-electron chi connectivity index (χ2n) is 10.7. The Labute approximate surface area is 247 Å². The minimum absolute atomic E-state index is 0.820. The van der Waals surface area contributed by atoms with Crippen LogP contribution in [0, 0.1) is 0 Å². The van der Waals surface area contributed by atoms with E-state index in [2.05, 4.69) is 168 Å². The van der Waals surface area contributed by atoms with Crippen molar-refractivity contribution in [2.75, 3.05) is 0 Å². The first-order valence-electron chi connectivity index (χ1n) is 14.5. The lowest BCUT2D eigenvalue weighted by molar-refractivity contribution is 1.03. The lowest BCUT2D eigenvalue weighted by Crippen LogP contribution is -2.00. The molecule has 0 saturated carbocycles. The van der Waals surface area contributed by atoms with Gasteiger partial charge in [0.2, 0.25) is 0 Å². The molecule has 0 fully saturated rings. The Hall–Kier alpha value is -5.34. The molecule has 0 aliphatic heterocycles. The number of nitrogens with one attached hydrogen (secondary N) is 2. The van der Waals surface area contributed by atoms with Gasteiger partial charge in [-0.2, -0.15) is 0 Å². The second-order valence-corrected chi connectivity index (χ2v) is 10.7. The molecule has 0 aliphatic rings. The Morgan fingerprint density at radius 3 is 1.00 bits per heavy atom. The molecule has 0 saturated heterocycles. The van der Waals surface area contributed by atoms with E-state index >= 15 is 0 Å². The van der Waals surface area contributed by atoms with Crippen LogP contribution in [0.4, 0.5) is 0 Å². The van der Waals surface area contributed by atoms with Gasteiger partial charge >= 0.3 is 0 Å². The summed E-state index contributed by atoms with van der Waals surface area (Å²) >= 11 is 0. The van der Waals surface area contributed by atoms with Gasteiger partial charge in [0.05, 0.1) is 0 Å². The summed E-state index contributed by atoms with van der Waals surface area (Å²) in [4.78, 5) is 7.58. The number of aromatic amines is 2. The molecule has 202 valence electrons. The molecule has 0 atom stereocenters. The number of rotatable bonds is 8. The molecule has 0 radical (unpaired) electrons. The van der Waals surface area contributed by atoms with E-state index in [1.165, 1.54) is 55.9 Å². The zero-order valence-electron chi connectivity index (χ0n) is 23.4. The van der Waals surface area contributed by atoms with Crippen molar-refractivity contribution >= 4 is 0 Å². The number of aromatic nitrogens is 2. The summed E-state index contributed by atoms with van der Waals surface area (Å²) in [6, 6.07) is 56.0. The van der Waals surface area contributed by atoms with Crippen LogP contribution in [0.5, 0.6) is 0 Å². The fourth-order valence-electron chi connectivity index (χ4n) is 5.85. The second kappa shape index (κ2) is 11.6. The average Bonchev–Trinajstić information content (AvgIpc) is 3.68. The Bertz CT molecular complexity index is 1750. The maximum Gasteiger partial charge on any atom is 0.0462 e. The molecule has 2 aromatic heterocycles. The van der Waals surface area contributed by atoms with E-state index in [-0.39, 0.29) is 0 Å². The van der Waals surface area contributed by atoms with Gasteiger partial charge in [-0.25, -0.2) is 0 Å². The molecule has 7 aromatic rings. The fourth-order valence-corrected chi connectivity index (χ4v) is 5.85. The average molecular weight is 541 g/mol. The fraction of sp³-hybridized carbons (Fsp3) is 0.0500. The topological polar surface area (TPSA) is 31.6 Å². The van der Waals surface area contributed by atoms with Gasteiger partial charge in [-0.15, -0.1) is 0 Å². The minimum Gasteiger partial charge on any atom is -0.358 e. The van der Waals surface area contributed by atoms with Crippen LogP contribution < -0.4 is 0 Å². The van der Waals surface area contributed by atoms with Crippen LogP contribution in [0.25, 0.3) is 44.8 Å². The lowest BCUT2D eigenvalue weighted by atomic mass is 9.94. The monoisotopic (exact) mass is 540 g/mol.